The Bertz CT molecular complexity index is 917. The smallest absolute Gasteiger partial charge is 0.251 e. The number of amides is 1. The predicted octanol–water partition coefficient (Wildman–Crippen LogP) is 5.10. The molecule has 2 aromatic carbocycles. The van der Waals surface area contributed by atoms with Crippen molar-refractivity contribution in [2.45, 2.75) is 23.4 Å². The highest BCUT2D eigenvalue weighted by molar-refractivity contribution is 8.00. The Morgan fingerprint density at radius 1 is 1.19 bits per heavy atom. The van der Waals surface area contributed by atoms with E-state index in [1.165, 1.54) is 16.9 Å². The molecule has 0 spiro atoms. The van der Waals surface area contributed by atoms with Crippen LogP contribution in [0.2, 0.25) is 0 Å². The number of rotatable bonds is 7. The maximum Gasteiger partial charge on any atom is 0.251 e. The first-order chi connectivity index (χ1) is 12.7. The van der Waals surface area contributed by atoms with Gasteiger partial charge in [0, 0.05) is 17.9 Å². The van der Waals surface area contributed by atoms with Crippen molar-refractivity contribution >= 4 is 41.2 Å². The van der Waals surface area contributed by atoms with Gasteiger partial charge in [0.2, 0.25) is 0 Å². The minimum absolute atomic E-state index is 0.0561. The Morgan fingerprint density at radius 3 is 2.62 bits per heavy atom. The Labute approximate surface area is 166 Å². The number of carbonyl (C=O) groups is 1. The highest BCUT2D eigenvalue weighted by Gasteiger charge is 2.09. The molecular weight excluding hydrogens is 382 g/mol. The van der Waals surface area contributed by atoms with Crippen molar-refractivity contribution < 1.29 is 4.79 Å². The molecule has 7 heteroatoms. The zero-order chi connectivity index (χ0) is 18.4. The van der Waals surface area contributed by atoms with Crippen LogP contribution in [0.3, 0.4) is 0 Å². The minimum atomic E-state index is -0.0561. The van der Waals surface area contributed by atoms with E-state index in [0.29, 0.717) is 16.1 Å². The van der Waals surface area contributed by atoms with Gasteiger partial charge in [-0.3, -0.25) is 4.79 Å². The summed E-state index contributed by atoms with van der Waals surface area (Å²) in [4.78, 5) is 12.0. The largest absolute Gasteiger partial charge is 0.352 e. The fourth-order valence-electron chi connectivity index (χ4n) is 2.30. The van der Waals surface area contributed by atoms with Gasteiger partial charge in [-0.15, -0.1) is 5.10 Å². The van der Waals surface area contributed by atoms with Crippen molar-refractivity contribution in [1.29, 1.82) is 0 Å². The van der Waals surface area contributed by atoms with E-state index in [9.17, 15) is 4.79 Å². The molecule has 4 nitrogen and oxygen atoms in total. The summed E-state index contributed by atoms with van der Waals surface area (Å²) < 4.78 is 3.38. The van der Waals surface area contributed by atoms with Gasteiger partial charge in [0.05, 0.1) is 5.69 Å². The molecule has 0 unspecified atom stereocenters. The second-order valence-corrected chi connectivity index (χ2v) is 8.47. The van der Waals surface area contributed by atoms with E-state index in [1.54, 1.807) is 28.6 Å². The SMILES string of the molecule is CCCNC(=O)c1ccc(-n2nc(SCc3ccccc3)sc2=S)cc1. The number of hydrogen-bond acceptors (Lipinski definition) is 5. The molecule has 0 bridgehead atoms. The summed E-state index contributed by atoms with van der Waals surface area (Å²) in [5.74, 6) is 0.805. The Balaban J connectivity index is 1.70. The summed E-state index contributed by atoms with van der Waals surface area (Å²) in [7, 11) is 0. The molecule has 0 saturated heterocycles. The molecule has 0 aliphatic carbocycles. The standard InChI is InChI=1S/C19H19N3OS3/c1-2-12-20-17(23)15-8-10-16(11-9-15)22-19(24)26-18(21-22)25-13-14-6-4-3-5-7-14/h3-11H,2,12-13H2,1H3,(H,20,23). The van der Waals surface area contributed by atoms with Crippen LogP contribution in [-0.4, -0.2) is 22.2 Å². The van der Waals surface area contributed by atoms with E-state index < -0.39 is 0 Å². The van der Waals surface area contributed by atoms with E-state index in [2.05, 4.69) is 22.5 Å². The highest BCUT2D eigenvalue weighted by atomic mass is 32.2. The summed E-state index contributed by atoms with van der Waals surface area (Å²) in [6.07, 6.45) is 0.918. The van der Waals surface area contributed by atoms with Crippen molar-refractivity contribution in [3.63, 3.8) is 0 Å². The Morgan fingerprint density at radius 2 is 1.92 bits per heavy atom. The number of hydrogen-bond donors (Lipinski definition) is 1. The molecule has 26 heavy (non-hydrogen) atoms. The van der Waals surface area contributed by atoms with Crippen molar-refractivity contribution in [2.24, 2.45) is 0 Å². The third-order valence-corrected chi connectivity index (χ3v) is 6.08. The first-order valence-electron chi connectivity index (χ1n) is 8.33. The van der Waals surface area contributed by atoms with Crippen LogP contribution in [0.15, 0.2) is 58.9 Å². The molecule has 1 amide bonds. The summed E-state index contributed by atoms with van der Waals surface area (Å²) in [6.45, 7) is 2.71. The van der Waals surface area contributed by atoms with Crippen molar-refractivity contribution in [3.05, 3.63) is 69.7 Å². The molecule has 3 aromatic rings. The molecular formula is C19H19N3OS3. The third kappa shape index (κ3) is 4.81. The molecule has 0 fully saturated rings. The van der Waals surface area contributed by atoms with Crippen LogP contribution in [0, 0.1) is 3.95 Å². The Kier molecular flexibility index (Phi) is 6.60. The van der Waals surface area contributed by atoms with E-state index in [0.717, 1.165) is 22.2 Å². The van der Waals surface area contributed by atoms with Crippen LogP contribution in [0.4, 0.5) is 0 Å². The van der Waals surface area contributed by atoms with Crippen LogP contribution in [0.25, 0.3) is 5.69 Å². The van der Waals surface area contributed by atoms with E-state index in [1.807, 2.05) is 37.3 Å². The summed E-state index contributed by atoms with van der Waals surface area (Å²) >= 11 is 8.63. The second kappa shape index (κ2) is 9.12. The van der Waals surface area contributed by atoms with Gasteiger partial charge < -0.3 is 5.32 Å². The van der Waals surface area contributed by atoms with Gasteiger partial charge >= 0.3 is 0 Å². The molecule has 0 radical (unpaired) electrons. The highest BCUT2D eigenvalue weighted by Crippen LogP contribution is 2.27. The van der Waals surface area contributed by atoms with Gasteiger partial charge in [-0.25, -0.2) is 4.68 Å². The lowest BCUT2D eigenvalue weighted by Crippen LogP contribution is -2.23. The van der Waals surface area contributed by atoms with Crippen LogP contribution in [0.5, 0.6) is 0 Å². The lowest BCUT2D eigenvalue weighted by molar-refractivity contribution is 0.0953. The number of carbonyl (C=O) groups excluding carboxylic acids is 1. The van der Waals surface area contributed by atoms with Gasteiger partial charge in [-0.1, -0.05) is 60.4 Å². The monoisotopic (exact) mass is 401 g/mol. The third-order valence-electron chi connectivity index (χ3n) is 3.64. The quantitative estimate of drug-likeness (QED) is 0.442. The second-order valence-electron chi connectivity index (χ2n) is 5.62. The molecule has 1 heterocycles. The lowest BCUT2D eigenvalue weighted by atomic mass is 10.2. The van der Waals surface area contributed by atoms with E-state index >= 15 is 0 Å². The fraction of sp³-hybridized carbons (Fsp3) is 0.211. The lowest BCUT2D eigenvalue weighted by Gasteiger charge is -2.05. The summed E-state index contributed by atoms with van der Waals surface area (Å²) in [5, 5.41) is 7.49. The van der Waals surface area contributed by atoms with Crippen molar-refractivity contribution in [2.75, 3.05) is 6.54 Å². The number of aromatic nitrogens is 2. The van der Waals surface area contributed by atoms with Crippen molar-refractivity contribution in [1.82, 2.24) is 15.1 Å². The number of thioether (sulfide) groups is 1. The van der Waals surface area contributed by atoms with Gasteiger partial charge in [0.1, 0.15) is 0 Å². The molecule has 3 rings (SSSR count). The number of benzene rings is 2. The molecule has 0 atom stereocenters. The number of nitrogens with zero attached hydrogens (tertiary/aromatic N) is 2. The molecule has 0 saturated carbocycles. The minimum Gasteiger partial charge on any atom is -0.352 e. The molecule has 0 aliphatic rings. The van der Waals surface area contributed by atoms with Crippen LogP contribution < -0.4 is 5.32 Å². The van der Waals surface area contributed by atoms with Gasteiger partial charge in [-0.05, 0) is 48.5 Å². The molecule has 1 N–H and O–H groups in total. The normalized spacial score (nSPS) is 10.7. The Hall–Kier alpha value is -1.96. The topological polar surface area (TPSA) is 46.9 Å². The summed E-state index contributed by atoms with van der Waals surface area (Å²) in [5.41, 5.74) is 2.76. The zero-order valence-corrected chi connectivity index (χ0v) is 16.8. The van der Waals surface area contributed by atoms with E-state index in [-0.39, 0.29) is 5.91 Å². The van der Waals surface area contributed by atoms with Gasteiger partial charge in [0.15, 0.2) is 8.29 Å². The van der Waals surface area contributed by atoms with Crippen LogP contribution in [0.1, 0.15) is 29.3 Å². The first kappa shape index (κ1) is 18.8. The molecule has 134 valence electrons. The predicted molar refractivity (Wildman–Crippen MR) is 111 cm³/mol. The maximum atomic E-state index is 12.0. The van der Waals surface area contributed by atoms with Crippen molar-refractivity contribution in [3.8, 4) is 5.69 Å². The average Bonchev–Trinajstić information content (AvgIpc) is 3.06. The maximum absolute atomic E-state index is 12.0. The van der Waals surface area contributed by atoms with Gasteiger partial charge in [-0.2, -0.15) is 0 Å². The number of nitrogens with one attached hydrogen (secondary N) is 1. The fourth-order valence-corrected chi connectivity index (χ4v) is 4.61. The van der Waals surface area contributed by atoms with E-state index in [4.69, 9.17) is 12.2 Å². The molecule has 1 aromatic heterocycles. The van der Waals surface area contributed by atoms with Crippen LogP contribution >= 0.6 is 35.3 Å². The first-order valence-corrected chi connectivity index (χ1v) is 10.5. The summed E-state index contributed by atoms with van der Waals surface area (Å²) in [6, 6.07) is 17.7. The molecule has 0 aliphatic heterocycles. The van der Waals surface area contributed by atoms with Crippen LogP contribution in [-0.2, 0) is 5.75 Å². The average molecular weight is 402 g/mol. The van der Waals surface area contributed by atoms with Gasteiger partial charge in [0.25, 0.3) is 5.91 Å². The zero-order valence-electron chi connectivity index (χ0n) is 14.3.